The van der Waals surface area contributed by atoms with E-state index in [-0.39, 0.29) is 19.0 Å². The molecule has 2 fully saturated rings. The van der Waals surface area contributed by atoms with Crippen LogP contribution in [0.5, 0.6) is 11.5 Å². The Bertz CT molecular complexity index is 1000. The van der Waals surface area contributed by atoms with E-state index >= 15 is 0 Å². The van der Waals surface area contributed by atoms with Crippen molar-refractivity contribution in [3.8, 4) is 11.5 Å². The molecule has 2 saturated heterocycles. The number of cyclic esters (lactones) is 1. The lowest BCUT2D eigenvalue weighted by Gasteiger charge is -2.37. The summed E-state index contributed by atoms with van der Waals surface area (Å²) in [7, 11) is 3.10. The maximum Gasteiger partial charge on any atom is 0.509 e. The number of aromatic nitrogens is 1. The van der Waals surface area contributed by atoms with Gasteiger partial charge in [0.15, 0.2) is 5.60 Å². The van der Waals surface area contributed by atoms with E-state index in [1.54, 1.807) is 43.6 Å². The van der Waals surface area contributed by atoms with Crippen molar-refractivity contribution in [3.63, 3.8) is 0 Å². The first-order valence-electron chi connectivity index (χ1n) is 10.1. The van der Waals surface area contributed by atoms with Crippen molar-refractivity contribution >= 4 is 30.0 Å². The third kappa shape index (κ3) is 5.43. The minimum atomic E-state index is -0.616. The topological polar surface area (TPSA) is 137 Å². The molecule has 0 atom stereocenters. The number of hydrogen-bond donors (Lipinski definition) is 2. The molecule has 1 amide bonds. The number of pyridine rings is 1. The molecule has 0 bridgehead atoms. The molecule has 1 spiro atoms. The van der Waals surface area contributed by atoms with Crippen molar-refractivity contribution < 1.29 is 38.4 Å². The molecule has 2 aliphatic heterocycles. The predicted molar refractivity (Wildman–Crippen MR) is 117 cm³/mol. The lowest BCUT2D eigenvalue weighted by atomic mass is 9.92. The van der Waals surface area contributed by atoms with Gasteiger partial charge >= 0.3 is 6.16 Å². The summed E-state index contributed by atoms with van der Waals surface area (Å²) in [5.41, 5.74) is 0.415. The van der Waals surface area contributed by atoms with Crippen LogP contribution in [-0.4, -0.2) is 68.1 Å². The van der Waals surface area contributed by atoms with Crippen LogP contribution >= 0.6 is 0 Å². The molecule has 0 radical (unpaired) electrons. The fourth-order valence-electron chi connectivity index (χ4n) is 3.72. The molecule has 11 heteroatoms. The van der Waals surface area contributed by atoms with Crippen LogP contribution in [0.3, 0.4) is 0 Å². The average molecular weight is 459 g/mol. The van der Waals surface area contributed by atoms with Crippen molar-refractivity contribution in [2.75, 3.05) is 44.1 Å². The van der Waals surface area contributed by atoms with Crippen LogP contribution in [0.2, 0.25) is 0 Å². The standard InChI is InChI=1S/C21H23N3O6.CH2O2/c1-27-14-5-6-16(17(12-14)28-2)23-19(25)15-4-3-9-22-18(15)24-10-7-21(8-11-24)13-29-20(26)30-21;2-1-3/h3-6,9,12H,7-8,10-11,13H2,1-2H3,(H,23,25);1H,(H,2,3). The molecule has 0 saturated carbocycles. The second-order valence-electron chi connectivity index (χ2n) is 7.31. The van der Waals surface area contributed by atoms with E-state index in [0.29, 0.717) is 54.5 Å². The summed E-state index contributed by atoms with van der Waals surface area (Å²) in [6.45, 7) is 1.21. The van der Waals surface area contributed by atoms with Gasteiger partial charge in [0.2, 0.25) is 0 Å². The number of nitrogens with one attached hydrogen (secondary N) is 1. The number of carbonyl (C=O) groups excluding carboxylic acids is 2. The number of piperidine rings is 1. The van der Waals surface area contributed by atoms with E-state index in [4.69, 9.17) is 28.8 Å². The maximum absolute atomic E-state index is 13.0. The minimum absolute atomic E-state index is 0.250. The SMILES string of the molecule is COc1ccc(NC(=O)c2cccnc2N2CCC3(CC2)COC(=O)O3)c(OC)c1.O=CO. The van der Waals surface area contributed by atoms with Crippen LogP contribution in [0.25, 0.3) is 0 Å². The van der Waals surface area contributed by atoms with Gasteiger partial charge in [0.05, 0.1) is 25.5 Å². The highest BCUT2D eigenvalue weighted by Crippen LogP contribution is 2.34. The Labute approximate surface area is 190 Å². The summed E-state index contributed by atoms with van der Waals surface area (Å²) in [5.74, 6) is 1.42. The molecule has 0 unspecified atom stereocenters. The summed E-state index contributed by atoms with van der Waals surface area (Å²) in [6, 6.07) is 8.63. The fraction of sp³-hybridized carbons (Fsp3) is 0.364. The second-order valence-corrected chi connectivity index (χ2v) is 7.31. The average Bonchev–Trinajstić information content (AvgIpc) is 3.20. The van der Waals surface area contributed by atoms with E-state index in [2.05, 4.69) is 10.3 Å². The van der Waals surface area contributed by atoms with Gasteiger partial charge in [0.25, 0.3) is 12.4 Å². The van der Waals surface area contributed by atoms with Gasteiger partial charge in [-0.1, -0.05) is 0 Å². The van der Waals surface area contributed by atoms with Crippen molar-refractivity contribution in [1.82, 2.24) is 4.98 Å². The Kier molecular flexibility index (Phi) is 7.54. The zero-order chi connectivity index (χ0) is 23.8. The van der Waals surface area contributed by atoms with E-state index in [1.807, 2.05) is 4.90 Å². The highest BCUT2D eigenvalue weighted by Gasteiger charge is 2.45. The van der Waals surface area contributed by atoms with Gasteiger partial charge in [-0.05, 0) is 24.3 Å². The van der Waals surface area contributed by atoms with E-state index in [0.717, 1.165) is 0 Å². The van der Waals surface area contributed by atoms with Crippen molar-refractivity contribution in [2.24, 2.45) is 0 Å². The summed E-state index contributed by atoms with van der Waals surface area (Å²) >= 11 is 0. The first-order valence-corrected chi connectivity index (χ1v) is 10.1. The molecule has 11 nitrogen and oxygen atoms in total. The summed E-state index contributed by atoms with van der Waals surface area (Å²) in [4.78, 5) is 39.2. The Hall–Kier alpha value is -4.02. The van der Waals surface area contributed by atoms with Gasteiger partial charge in [-0.15, -0.1) is 0 Å². The number of nitrogens with zero attached hydrogens (tertiary/aromatic N) is 2. The molecule has 176 valence electrons. The zero-order valence-electron chi connectivity index (χ0n) is 18.3. The molecule has 2 aliphatic rings. The molecule has 4 rings (SSSR count). The summed E-state index contributed by atoms with van der Waals surface area (Å²) < 4.78 is 20.9. The number of ether oxygens (including phenoxy) is 4. The quantitative estimate of drug-likeness (QED) is 0.507. The normalized spacial score (nSPS) is 16.1. The zero-order valence-corrected chi connectivity index (χ0v) is 18.3. The summed E-state index contributed by atoms with van der Waals surface area (Å²) in [6.07, 6.45) is 2.27. The van der Waals surface area contributed by atoms with Crippen molar-refractivity contribution in [1.29, 1.82) is 0 Å². The Morgan fingerprint density at radius 2 is 1.97 bits per heavy atom. The summed E-state index contributed by atoms with van der Waals surface area (Å²) in [5, 5.41) is 9.78. The molecule has 0 aliphatic carbocycles. The van der Waals surface area contributed by atoms with Gasteiger partial charge in [-0.3, -0.25) is 9.59 Å². The van der Waals surface area contributed by atoms with Gasteiger partial charge in [0, 0.05) is 38.2 Å². The lowest BCUT2D eigenvalue weighted by Crippen LogP contribution is -2.46. The van der Waals surface area contributed by atoms with Gasteiger partial charge < -0.3 is 34.3 Å². The minimum Gasteiger partial charge on any atom is -0.497 e. The first kappa shape index (κ1) is 23.6. The molecule has 2 aromatic rings. The molecule has 1 aromatic heterocycles. The number of anilines is 2. The Morgan fingerprint density at radius 3 is 2.58 bits per heavy atom. The maximum atomic E-state index is 13.0. The van der Waals surface area contributed by atoms with E-state index in [9.17, 15) is 9.59 Å². The smallest absolute Gasteiger partial charge is 0.497 e. The van der Waals surface area contributed by atoms with Crippen LogP contribution in [0.1, 0.15) is 23.2 Å². The number of benzene rings is 1. The third-order valence-corrected chi connectivity index (χ3v) is 5.42. The monoisotopic (exact) mass is 459 g/mol. The Balaban J connectivity index is 0.000000968. The number of rotatable bonds is 5. The number of carboxylic acid groups (broad SMARTS) is 1. The van der Waals surface area contributed by atoms with Crippen LogP contribution in [0.4, 0.5) is 16.3 Å². The second kappa shape index (κ2) is 10.5. The van der Waals surface area contributed by atoms with Gasteiger partial charge in [-0.25, -0.2) is 9.78 Å². The largest absolute Gasteiger partial charge is 0.509 e. The van der Waals surface area contributed by atoms with Gasteiger partial charge in [-0.2, -0.15) is 0 Å². The molecular weight excluding hydrogens is 434 g/mol. The van der Waals surface area contributed by atoms with Gasteiger partial charge in [0.1, 0.15) is 23.9 Å². The van der Waals surface area contributed by atoms with E-state index < -0.39 is 11.8 Å². The molecular formula is C22H25N3O8. The van der Waals surface area contributed by atoms with Crippen LogP contribution in [0.15, 0.2) is 36.5 Å². The third-order valence-electron chi connectivity index (χ3n) is 5.42. The van der Waals surface area contributed by atoms with Crippen molar-refractivity contribution in [2.45, 2.75) is 18.4 Å². The molecule has 3 heterocycles. The van der Waals surface area contributed by atoms with Crippen LogP contribution in [0, 0.1) is 0 Å². The van der Waals surface area contributed by atoms with Crippen LogP contribution < -0.4 is 19.7 Å². The fourth-order valence-corrected chi connectivity index (χ4v) is 3.72. The lowest BCUT2D eigenvalue weighted by molar-refractivity contribution is -0.122. The molecule has 2 N–H and O–H groups in total. The van der Waals surface area contributed by atoms with Crippen molar-refractivity contribution in [3.05, 3.63) is 42.1 Å². The predicted octanol–water partition coefficient (Wildman–Crippen LogP) is 2.56. The molecule has 1 aromatic carbocycles. The number of carbonyl (C=O) groups is 3. The highest BCUT2D eigenvalue weighted by atomic mass is 16.8. The number of amides is 1. The molecule has 33 heavy (non-hydrogen) atoms. The first-order chi connectivity index (χ1) is 15.9. The van der Waals surface area contributed by atoms with E-state index in [1.165, 1.54) is 7.11 Å². The number of methoxy groups -OCH3 is 2. The number of hydrogen-bond acceptors (Lipinski definition) is 9. The highest BCUT2D eigenvalue weighted by molar-refractivity contribution is 6.08. The Morgan fingerprint density at radius 1 is 1.24 bits per heavy atom. The van der Waals surface area contributed by atoms with Crippen LogP contribution in [-0.2, 0) is 14.3 Å².